The van der Waals surface area contributed by atoms with Crippen molar-refractivity contribution in [2.75, 3.05) is 22.1 Å². The zero-order valence-corrected chi connectivity index (χ0v) is 33.0. The fourth-order valence-electron chi connectivity index (χ4n) is 5.99. The van der Waals surface area contributed by atoms with E-state index in [1.807, 2.05) is 78.3 Å². The number of rotatable bonds is 14. The van der Waals surface area contributed by atoms with Crippen molar-refractivity contribution in [2.24, 2.45) is 0 Å². The number of anilines is 4. The summed E-state index contributed by atoms with van der Waals surface area (Å²) in [7, 11) is -3.86. The number of nitrogen functional groups attached to an aromatic ring is 2. The van der Waals surface area contributed by atoms with Crippen molar-refractivity contribution in [1.29, 1.82) is 0 Å². The minimum atomic E-state index is -3.86. The topological polar surface area (TPSA) is 146 Å². The lowest BCUT2D eigenvalue weighted by Gasteiger charge is -2.21. The predicted molar refractivity (Wildman–Crippen MR) is 230 cm³/mol. The lowest BCUT2D eigenvalue weighted by atomic mass is 10.1. The van der Waals surface area contributed by atoms with Gasteiger partial charge in [-0.05, 0) is 112 Å². The summed E-state index contributed by atoms with van der Waals surface area (Å²) in [5, 5.41) is 10.3. The molecule has 0 atom stereocenters. The Morgan fingerprint density at radius 1 is 0.607 bits per heavy atom. The van der Waals surface area contributed by atoms with Crippen molar-refractivity contribution in [3.8, 4) is 20.9 Å². The highest BCUT2D eigenvalue weighted by Gasteiger charge is 2.30. The van der Waals surface area contributed by atoms with Crippen LogP contribution in [0.15, 0.2) is 144 Å². The van der Waals surface area contributed by atoms with Crippen molar-refractivity contribution in [3.05, 3.63) is 172 Å². The van der Waals surface area contributed by atoms with Gasteiger partial charge in [-0.15, -0.1) is 22.7 Å². The van der Waals surface area contributed by atoms with Crippen LogP contribution in [0, 0.1) is 0 Å². The summed E-state index contributed by atoms with van der Waals surface area (Å²) in [6.45, 7) is 1.93. The molecule has 5 aromatic carbocycles. The quantitative estimate of drug-likeness (QED) is 0.0633. The third-order valence-electron chi connectivity index (χ3n) is 9.12. The van der Waals surface area contributed by atoms with Crippen LogP contribution in [-0.4, -0.2) is 11.8 Å². The molecule has 7 rings (SSSR count). The maximum absolute atomic E-state index is 14.6. The van der Waals surface area contributed by atoms with E-state index in [9.17, 15) is 14.2 Å². The Kier molecular flexibility index (Phi) is 11.9. The molecular weight excluding hydrogens is 760 g/mol. The Labute approximate surface area is 333 Å². The first-order valence-electron chi connectivity index (χ1n) is 17.8. The van der Waals surface area contributed by atoms with Gasteiger partial charge in [-0.2, -0.15) is 0 Å². The fourth-order valence-corrected chi connectivity index (χ4v) is 9.28. The zero-order valence-electron chi connectivity index (χ0n) is 30.4. The van der Waals surface area contributed by atoms with E-state index in [0.29, 0.717) is 56.7 Å². The van der Waals surface area contributed by atoms with Gasteiger partial charge in [0.25, 0.3) is 11.8 Å². The van der Waals surface area contributed by atoms with Crippen molar-refractivity contribution >= 4 is 70.1 Å². The largest absolute Gasteiger partial charge is 0.397 e. The van der Waals surface area contributed by atoms with Crippen LogP contribution in [0.2, 0.25) is 0 Å². The van der Waals surface area contributed by atoms with Crippen LogP contribution in [0.3, 0.4) is 0 Å². The molecule has 0 spiro atoms. The molecule has 0 saturated carbocycles. The second-order valence-electron chi connectivity index (χ2n) is 12.9. The SMILES string of the molecule is CCc1ccccc1P(=O)(OCc1ccc(C(=O)Nc2cc(-c3cccs3)ccc2N)cc1)OCc1ccc(C(=O)Nc2cc(-c3cccs3)ccc2N)cc1. The number of amides is 2. The Balaban J connectivity index is 1.01. The van der Waals surface area contributed by atoms with Gasteiger partial charge in [0.1, 0.15) is 0 Å². The molecular formula is C44H39N4O5PS2. The number of aryl methyl sites for hydroxylation is 1. The molecule has 0 aliphatic heterocycles. The number of nitrogens with one attached hydrogen (secondary N) is 2. The fraction of sp³-hybridized carbons (Fsp3) is 0.0909. The first-order chi connectivity index (χ1) is 27.2. The summed E-state index contributed by atoms with van der Waals surface area (Å²) < 4.78 is 26.9. The first-order valence-corrected chi connectivity index (χ1v) is 21.1. The minimum Gasteiger partial charge on any atom is -0.397 e. The standard InChI is InChI=1S/C44H39N4O5PS2/c1-2-31-7-3-4-8-40(31)54(51,52-27-29-11-15-32(16-12-29)43(49)47-38-25-34(19-21-36(38)45)41-9-5-23-55-41)53-28-30-13-17-33(18-14-30)44(50)48-39-26-35(20-22-37(39)46)42-10-6-24-56-42/h3-26H,2,27-28,45-46H2,1H3,(H,47,49)(H,48,50). The number of nitrogens with two attached hydrogens (primary N) is 2. The van der Waals surface area contributed by atoms with Gasteiger partial charge in [-0.3, -0.25) is 14.2 Å². The smallest absolute Gasteiger partial charge is 0.362 e. The van der Waals surface area contributed by atoms with Gasteiger partial charge in [0.15, 0.2) is 0 Å². The number of hydrogen-bond acceptors (Lipinski definition) is 9. The molecule has 12 heteroatoms. The highest BCUT2D eigenvalue weighted by molar-refractivity contribution is 7.62. The van der Waals surface area contributed by atoms with Crippen LogP contribution in [0.5, 0.6) is 0 Å². The van der Waals surface area contributed by atoms with Gasteiger partial charge < -0.3 is 31.1 Å². The number of carbonyl (C=O) groups excluding carboxylic acids is 2. The van der Waals surface area contributed by atoms with Crippen molar-refractivity contribution < 1.29 is 23.2 Å². The van der Waals surface area contributed by atoms with Gasteiger partial charge in [-0.1, -0.05) is 73.7 Å². The molecule has 6 N–H and O–H groups in total. The van der Waals surface area contributed by atoms with E-state index in [-0.39, 0.29) is 25.0 Å². The molecule has 0 bridgehead atoms. The second-order valence-corrected chi connectivity index (χ2v) is 16.8. The minimum absolute atomic E-state index is 0.0248. The van der Waals surface area contributed by atoms with Gasteiger partial charge in [0.05, 0.1) is 41.3 Å². The van der Waals surface area contributed by atoms with E-state index < -0.39 is 7.60 Å². The normalized spacial score (nSPS) is 11.3. The third-order valence-corrected chi connectivity index (χ3v) is 12.9. The summed E-state index contributed by atoms with van der Waals surface area (Å²) in [6, 6.07) is 40.2. The van der Waals surface area contributed by atoms with Gasteiger partial charge >= 0.3 is 7.60 Å². The molecule has 282 valence electrons. The molecule has 0 aliphatic carbocycles. The summed E-state index contributed by atoms with van der Waals surface area (Å²) in [5.74, 6) is -0.622. The van der Waals surface area contributed by atoms with Crippen LogP contribution in [-0.2, 0) is 33.2 Å². The zero-order chi connectivity index (χ0) is 39.1. The number of benzene rings is 5. The first kappa shape index (κ1) is 38.5. The van der Waals surface area contributed by atoms with Crippen LogP contribution in [0.1, 0.15) is 44.3 Å². The van der Waals surface area contributed by atoms with E-state index in [4.69, 9.17) is 20.5 Å². The van der Waals surface area contributed by atoms with Crippen LogP contribution in [0.4, 0.5) is 22.7 Å². The van der Waals surface area contributed by atoms with E-state index in [1.165, 1.54) is 0 Å². The lowest BCUT2D eigenvalue weighted by Crippen LogP contribution is -2.16. The van der Waals surface area contributed by atoms with Crippen molar-refractivity contribution in [3.63, 3.8) is 0 Å². The molecule has 0 saturated heterocycles. The van der Waals surface area contributed by atoms with E-state index in [0.717, 1.165) is 26.4 Å². The van der Waals surface area contributed by atoms with Gasteiger partial charge in [0.2, 0.25) is 0 Å². The molecule has 2 aromatic heterocycles. The Bertz CT molecular complexity index is 2360. The molecule has 0 fully saturated rings. The number of thiophene rings is 2. The number of carbonyl (C=O) groups is 2. The van der Waals surface area contributed by atoms with Gasteiger partial charge in [0, 0.05) is 20.9 Å². The summed E-state index contributed by atoms with van der Waals surface area (Å²) in [4.78, 5) is 28.5. The third kappa shape index (κ3) is 9.00. The summed E-state index contributed by atoms with van der Waals surface area (Å²) >= 11 is 3.21. The molecule has 0 radical (unpaired) electrons. The number of hydrogen-bond donors (Lipinski definition) is 4. The lowest BCUT2D eigenvalue weighted by molar-refractivity contribution is 0.101. The molecule has 2 heterocycles. The van der Waals surface area contributed by atoms with E-state index >= 15 is 0 Å². The van der Waals surface area contributed by atoms with Crippen molar-refractivity contribution in [2.45, 2.75) is 26.6 Å². The van der Waals surface area contributed by atoms with Crippen LogP contribution >= 0.6 is 30.3 Å². The highest BCUT2D eigenvalue weighted by Crippen LogP contribution is 2.49. The van der Waals surface area contributed by atoms with Crippen LogP contribution in [0.25, 0.3) is 20.9 Å². The molecule has 0 aliphatic rings. The summed E-state index contributed by atoms with van der Waals surface area (Å²) in [6.07, 6.45) is 0.627. The van der Waals surface area contributed by atoms with E-state index in [2.05, 4.69) is 10.6 Å². The monoisotopic (exact) mass is 798 g/mol. The Morgan fingerprint density at radius 3 is 1.50 bits per heavy atom. The van der Waals surface area contributed by atoms with Crippen LogP contribution < -0.4 is 27.4 Å². The average molecular weight is 799 g/mol. The van der Waals surface area contributed by atoms with E-state index in [1.54, 1.807) is 95.5 Å². The van der Waals surface area contributed by atoms with Crippen molar-refractivity contribution in [1.82, 2.24) is 0 Å². The summed E-state index contributed by atoms with van der Waals surface area (Å²) in [5.41, 5.74) is 19.4. The molecule has 0 unspecified atom stereocenters. The molecule has 2 amide bonds. The Hall–Kier alpha value is -5.81. The Morgan fingerprint density at radius 2 is 1.07 bits per heavy atom. The molecule has 56 heavy (non-hydrogen) atoms. The maximum Gasteiger partial charge on any atom is 0.362 e. The highest BCUT2D eigenvalue weighted by atomic mass is 32.1. The predicted octanol–water partition coefficient (Wildman–Crippen LogP) is 10.6. The maximum atomic E-state index is 14.6. The molecule has 7 aromatic rings. The molecule has 9 nitrogen and oxygen atoms in total. The van der Waals surface area contributed by atoms with Gasteiger partial charge in [-0.25, -0.2) is 0 Å². The average Bonchev–Trinajstić information content (AvgIpc) is 3.98. The second kappa shape index (κ2) is 17.3.